The average molecular weight is 500 g/mol. The SMILES string of the molecule is C[C@@H](NC(=O)COC(=O)c1ccc(OCC(=O)Nc2cccc(C(F)(F)F)c2)cc1)c1ccccc1. The van der Waals surface area contributed by atoms with Gasteiger partial charge in [-0.05, 0) is 55.0 Å². The molecule has 0 fully saturated rings. The molecule has 7 nitrogen and oxygen atoms in total. The van der Waals surface area contributed by atoms with Crippen LogP contribution in [0.1, 0.15) is 34.5 Å². The molecule has 0 unspecified atom stereocenters. The van der Waals surface area contributed by atoms with E-state index < -0.39 is 42.7 Å². The first-order chi connectivity index (χ1) is 17.1. The number of anilines is 1. The van der Waals surface area contributed by atoms with Gasteiger partial charge in [-0.25, -0.2) is 4.79 Å². The van der Waals surface area contributed by atoms with Crippen LogP contribution in [0.25, 0.3) is 0 Å². The van der Waals surface area contributed by atoms with Gasteiger partial charge in [0, 0.05) is 5.69 Å². The van der Waals surface area contributed by atoms with Crippen molar-refractivity contribution >= 4 is 23.5 Å². The number of amides is 2. The van der Waals surface area contributed by atoms with Crippen molar-refractivity contribution in [3.63, 3.8) is 0 Å². The van der Waals surface area contributed by atoms with E-state index in [1.54, 1.807) is 0 Å². The molecule has 0 heterocycles. The number of benzene rings is 3. The molecule has 10 heteroatoms. The Balaban J connectivity index is 1.43. The smallest absolute Gasteiger partial charge is 0.416 e. The van der Waals surface area contributed by atoms with Crippen LogP contribution < -0.4 is 15.4 Å². The lowest BCUT2D eigenvalue weighted by Crippen LogP contribution is -2.31. The number of rotatable bonds is 9. The second-order valence-electron chi connectivity index (χ2n) is 7.72. The van der Waals surface area contributed by atoms with E-state index in [1.165, 1.54) is 36.4 Å². The second kappa shape index (κ2) is 11.9. The molecule has 3 aromatic rings. The molecule has 0 aromatic heterocycles. The number of ether oxygens (including phenoxy) is 2. The molecule has 1 atom stereocenters. The fraction of sp³-hybridized carbons (Fsp3) is 0.192. The summed E-state index contributed by atoms with van der Waals surface area (Å²) in [4.78, 5) is 36.3. The lowest BCUT2D eigenvalue weighted by atomic mass is 10.1. The van der Waals surface area contributed by atoms with Crippen LogP contribution in [0.15, 0.2) is 78.9 Å². The summed E-state index contributed by atoms with van der Waals surface area (Å²) in [6.45, 7) is 0.900. The summed E-state index contributed by atoms with van der Waals surface area (Å²) >= 11 is 0. The van der Waals surface area contributed by atoms with Crippen molar-refractivity contribution in [2.24, 2.45) is 0 Å². The van der Waals surface area contributed by atoms with Crippen LogP contribution in [0.5, 0.6) is 5.75 Å². The molecule has 0 radical (unpaired) electrons. The highest BCUT2D eigenvalue weighted by Crippen LogP contribution is 2.30. The third kappa shape index (κ3) is 7.86. The first-order valence-electron chi connectivity index (χ1n) is 10.8. The van der Waals surface area contributed by atoms with Crippen molar-refractivity contribution in [1.82, 2.24) is 5.32 Å². The Labute approximate surface area is 205 Å². The lowest BCUT2D eigenvalue weighted by Gasteiger charge is -2.14. The van der Waals surface area contributed by atoms with E-state index in [4.69, 9.17) is 9.47 Å². The molecule has 188 valence electrons. The summed E-state index contributed by atoms with van der Waals surface area (Å²) in [7, 11) is 0. The highest BCUT2D eigenvalue weighted by atomic mass is 19.4. The zero-order valence-electron chi connectivity index (χ0n) is 19.2. The monoisotopic (exact) mass is 500 g/mol. The lowest BCUT2D eigenvalue weighted by molar-refractivity contribution is -0.137. The third-order valence-electron chi connectivity index (χ3n) is 4.95. The minimum absolute atomic E-state index is 0.0151. The highest BCUT2D eigenvalue weighted by molar-refractivity contribution is 5.92. The zero-order valence-corrected chi connectivity index (χ0v) is 19.2. The van der Waals surface area contributed by atoms with Crippen LogP contribution in [-0.2, 0) is 20.5 Å². The van der Waals surface area contributed by atoms with Gasteiger partial charge in [0.2, 0.25) is 0 Å². The van der Waals surface area contributed by atoms with Crippen molar-refractivity contribution in [2.75, 3.05) is 18.5 Å². The van der Waals surface area contributed by atoms with Gasteiger partial charge in [-0.2, -0.15) is 13.2 Å². The van der Waals surface area contributed by atoms with Crippen LogP contribution in [-0.4, -0.2) is 31.0 Å². The molecule has 0 spiro atoms. The normalized spacial score (nSPS) is 11.8. The summed E-state index contributed by atoms with van der Waals surface area (Å²) in [5, 5.41) is 5.07. The van der Waals surface area contributed by atoms with Crippen molar-refractivity contribution in [3.8, 4) is 5.75 Å². The first kappa shape index (κ1) is 26.3. The molecule has 3 rings (SSSR count). The molecular weight excluding hydrogens is 477 g/mol. The minimum Gasteiger partial charge on any atom is -0.484 e. The molecular formula is C26H23F3N2O5. The predicted octanol–water partition coefficient (Wildman–Crippen LogP) is 4.76. The average Bonchev–Trinajstić information content (AvgIpc) is 2.86. The molecule has 0 saturated carbocycles. The Morgan fingerprint density at radius 1 is 0.861 bits per heavy atom. The van der Waals surface area contributed by atoms with Gasteiger partial charge in [0.15, 0.2) is 13.2 Å². The molecule has 0 saturated heterocycles. The maximum absolute atomic E-state index is 12.8. The van der Waals surface area contributed by atoms with E-state index >= 15 is 0 Å². The number of halogens is 3. The molecule has 2 N–H and O–H groups in total. The molecule has 0 aliphatic rings. The number of carbonyl (C=O) groups excluding carboxylic acids is 3. The highest BCUT2D eigenvalue weighted by Gasteiger charge is 2.30. The van der Waals surface area contributed by atoms with E-state index in [1.807, 2.05) is 37.3 Å². The van der Waals surface area contributed by atoms with Crippen LogP contribution in [0.4, 0.5) is 18.9 Å². The number of alkyl halides is 3. The van der Waals surface area contributed by atoms with E-state index in [-0.39, 0.29) is 23.0 Å². The predicted molar refractivity (Wildman–Crippen MR) is 125 cm³/mol. The van der Waals surface area contributed by atoms with E-state index in [2.05, 4.69) is 10.6 Å². The summed E-state index contributed by atoms with van der Waals surface area (Å²) in [6.07, 6.45) is -4.52. The van der Waals surface area contributed by atoms with Gasteiger partial charge in [0.25, 0.3) is 11.8 Å². The van der Waals surface area contributed by atoms with E-state index in [0.29, 0.717) is 0 Å². The number of esters is 1. The maximum atomic E-state index is 12.8. The number of hydrogen-bond donors (Lipinski definition) is 2. The van der Waals surface area contributed by atoms with Crippen LogP contribution >= 0.6 is 0 Å². The van der Waals surface area contributed by atoms with Gasteiger partial charge in [-0.15, -0.1) is 0 Å². The fourth-order valence-corrected chi connectivity index (χ4v) is 3.13. The van der Waals surface area contributed by atoms with Crippen molar-refractivity contribution in [1.29, 1.82) is 0 Å². The van der Waals surface area contributed by atoms with Crippen LogP contribution in [0.3, 0.4) is 0 Å². The summed E-state index contributed by atoms with van der Waals surface area (Å²) in [5.74, 6) is -1.58. The van der Waals surface area contributed by atoms with E-state index in [0.717, 1.165) is 17.7 Å². The largest absolute Gasteiger partial charge is 0.484 e. The minimum atomic E-state index is -4.52. The quantitative estimate of drug-likeness (QED) is 0.414. The van der Waals surface area contributed by atoms with Gasteiger partial charge >= 0.3 is 12.1 Å². The molecule has 3 aromatic carbocycles. The van der Waals surface area contributed by atoms with Crippen molar-refractivity contribution in [3.05, 3.63) is 95.6 Å². The maximum Gasteiger partial charge on any atom is 0.416 e. The Bertz CT molecular complexity index is 1200. The van der Waals surface area contributed by atoms with Crippen LogP contribution in [0.2, 0.25) is 0 Å². The Hall–Kier alpha value is -4.34. The summed E-state index contributed by atoms with van der Waals surface area (Å²) < 4.78 is 48.7. The van der Waals surface area contributed by atoms with Gasteiger partial charge in [-0.1, -0.05) is 36.4 Å². The molecule has 0 aliphatic heterocycles. The van der Waals surface area contributed by atoms with E-state index in [9.17, 15) is 27.6 Å². The van der Waals surface area contributed by atoms with Gasteiger partial charge in [-0.3, -0.25) is 9.59 Å². The summed E-state index contributed by atoms with van der Waals surface area (Å²) in [6, 6.07) is 18.9. The van der Waals surface area contributed by atoms with Crippen LogP contribution in [0, 0.1) is 0 Å². The van der Waals surface area contributed by atoms with Gasteiger partial charge < -0.3 is 20.1 Å². The molecule has 2 amide bonds. The first-order valence-corrected chi connectivity index (χ1v) is 10.8. The van der Waals surface area contributed by atoms with Crippen molar-refractivity contribution in [2.45, 2.75) is 19.1 Å². The molecule has 0 aliphatic carbocycles. The summed E-state index contributed by atoms with van der Waals surface area (Å²) in [5.41, 5.74) is 0.182. The topological polar surface area (TPSA) is 93.7 Å². The third-order valence-corrected chi connectivity index (χ3v) is 4.95. The zero-order chi connectivity index (χ0) is 26.1. The fourth-order valence-electron chi connectivity index (χ4n) is 3.13. The Morgan fingerprint density at radius 2 is 1.56 bits per heavy atom. The Kier molecular flexibility index (Phi) is 8.66. The number of hydrogen-bond acceptors (Lipinski definition) is 5. The number of nitrogens with one attached hydrogen (secondary N) is 2. The van der Waals surface area contributed by atoms with Crippen molar-refractivity contribution < 1.29 is 37.0 Å². The molecule has 36 heavy (non-hydrogen) atoms. The Morgan fingerprint density at radius 3 is 2.22 bits per heavy atom. The van der Waals surface area contributed by atoms with Gasteiger partial charge in [0.1, 0.15) is 5.75 Å². The second-order valence-corrected chi connectivity index (χ2v) is 7.72. The number of carbonyl (C=O) groups is 3. The molecule has 0 bridgehead atoms. The standard InChI is InChI=1S/C26H23F3N2O5/c1-17(18-6-3-2-4-7-18)30-23(32)16-36-25(34)19-10-12-22(13-11-19)35-15-24(33)31-21-9-5-8-20(14-21)26(27,28)29/h2-14,17H,15-16H2,1H3,(H,30,32)(H,31,33)/t17-/m1/s1. The van der Waals surface area contributed by atoms with Gasteiger partial charge in [0.05, 0.1) is 17.2 Å².